The van der Waals surface area contributed by atoms with Crippen LogP contribution in [0.25, 0.3) is 0 Å². The summed E-state index contributed by atoms with van der Waals surface area (Å²) in [6.45, 7) is 2.14. The molecule has 0 aromatic heterocycles. The first-order chi connectivity index (χ1) is 12.7. The van der Waals surface area contributed by atoms with Crippen LogP contribution in [-0.2, 0) is 19.6 Å². The lowest BCUT2D eigenvalue weighted by Crippen LogP contribution is -2.47. The number of amides is 2. The maximum absolute atomic E-state index is 12.9. The molecule has 27 heavy (non-hydrogen) atoms. The molecular formula is C17H22ClN3O5S. The van der Waals surface area contributed by atoms with Crippen LogP contribution in [0.15, 0.2) is 17.0 Å². The van der Waals surface area contributed by atoms with Crippen molar-refractivity contribution in [1.82, 2.24) is 9.21 Å². The highest BCUT2D eigenvalue weighted by Gasteiger charge is 2.31. The number of nitrogens with one attached hydrogen (secondary N) is 1. The Hall–Kier alpha value is -1.84. The molecule has 3 rings (SSSR count). The van der Waals surface area contributed by atoms with Gasteiger partial charge in [-0.15, -0.1) is 0 Å². The number of halogens is 1. The summed E-state index contributed by atoms with van der Waals surface area (Å²) in [6.07, 6.45) is 2.91. The quantitative estimate of drug-likeness (QED) is 0.807. The molecule has 0 unspecified atom stereocenters. The average Bonchev–Trinajstić information content (AvgIpc) is 2.61. The zero-order valence-electron chi connectivity index (χ0n) is 15.2. The zero-order chi connectivity index (χ0) is 19.8. The highest BCUT2D eigenvalue weighted by atomic mass is 35.5. The van der Waals surface area contributed by atoms with Gasteiger partial charge in [0, 0.05) is 25.7 Å². The first-order valence-corrected chi connectivity index (χ1v) is 10.5. The van der Waals surface area contributed by atoms with E-state index in [0.717, 1.165) is 23.6 Å². The van der Waals surface area contributed by atoms with Gasteiger partial charge in [-0.1, -0.05) is 11.6 Å². The minimum atomic E-state index is -4.01. The molecule has 8 nitrogen and oxygen atoms in total. The SMILES string of the molecule is C[C@@H]1CCCCN1C(=O)CN(C)S(=O)(=O)c1cc2c(cc1Cl)NC(=O)CO2. The summed E-state index contributed by atoms with van der Waals surface area (Å²) < 4.78 is 32.1. The second-order valence-electron chi connectivity index (χ2n) is 6.81. The second-order valence-corrected chi connectivity index (χ2v) is 9.23. The third-order valence-corrected chi connectivity index (χ3v) is 7.10. The fourth-order valence-corrected chi connectivity index (χ4v) is 4.92. The van der Waals surface area contributed by atoms with Crippen LogP contribution in [0.1, 0.15) is 26.2 Å². The van der Waals surface area contributed by atoms with Crippen molar-refractivity contribution in [3.05, 3.63) is 17.2 Å². The van der Waals surface area contributed by atoms with E-state index in [9.17, 15) is 18.0 Å². The van der Waals surface area contributed by atoms with Crippen LogP contribution in [0.2, 0.25) is 5.02 Å². The number of benzene rings is 1. The van der Waals surface area contributed by atoms with Crippen molar-refractivity contribution in [3.63, 3.8) is 0 Å². The highest BCUT2D eigenvalue weighted by Crippen LogP contribution is 2.36. The van der Waals surface area contributed by atoms with E-state index >= 15 is 0 Å². The number of hydrogen-bond acceptors (Lipinski definition) is 5. The summed E-state index contributed by atoms with van der Waals surface area (Å²) in [5, 5.41) is 2.52. The minimum Gasteiger partial charge on any atom is -0.482 e. The van der Waals surface area contributed by atoms with E-state index in [1.807, 2.05) is 6.92 Å². The summed E-state index contributed by atoms with van der Waals surface area (Å²) in [7, 11) is -2.66. The number of carbonyl (C=O) groups excluding carboxylic acids is 2. The van der Waals surface area contributed by atoms with Gasteiger partial charge in [0.05, 0.1) is 17.3 Å². The van der Waals surface area contributed by atoms with E-state index in [1.54, 1.807) is 4.90 Å². The predicted molar refractivity (Wildman–Crippen MR) is 100 cm³/mol. The van der Waals surface area contributed by atoms with E-state index in [0.29, 0.717) is 12.2 Å². The van der Waals surface area contributed by atoms with Gasteiger partial charge in [-0.2, -0.15) is 4.31 Å². The number of ether oxygens (including phenoxy) is 1. The Bertz CT molecular complexity index is 874. The largest absolute Gasteiger partial charge is 0.482 e. The Morgan fingerprint density at radius 2 is 2.15 bits per heavy atom. The maximum Gasteiger partial charge on any atom is 0.262 e. The molecule has 148 valence electrons. The van der Waals surface area contributed by atoms with Crippen LogP contribution in [0.5, 0.6) is 5.75 Å². The number of piperidine rings is 1. The minimum absolute atomic E-state index is 0.0508. The van der Waals surface area contributed by atoms with Crippen LogP contribution in [0.4, 0.5) is 5.69 Å². The summed E-state index contributed by atoms with van der Waals surface area (Å²) >= 11 is 6.14. The molecule has 1 fully saturated rings. The van der Waals surface area contributed by atoms with Crippen molar-refractivity contribution in [2.45, 2.75) is 37.1 Å². The molecule has 2 aliphatic rings. The number of fused-ring (bicyclic) bond motifs is 1. The molecule has 1 atom stereocenters. The number of nitrogens with zero attached hydrogens (tertiary/aromatic N) is 2. The van der Waals surface area contributed by atoms with Crippen molar-refractivity contribution < 1.29 is 22.7 Å². The third kappa shape index (κ3) is 4.04. The molecular weight excluding hydrogens is 394 g/mol. The number of anilines is 1. The Kier molecular flexibility index (Phi) is 5.64. The molecule has 2 heterocycles. The van der Waals surface area contributed by atoms with Gasteiger partial charge in [-0.3, -0.25) is 9.59 Å². The molecule has 1 aromatic carbocycles. The number of hydrogen-bond donors (Lipinski definition) is 1. The van der Waals surface area contributed by atoms with Gasteiger partial charge in [0.25, 0.3) is 5.91 Å². The first-order valence-electron chi connectivity index (χ1n) is 8.72. The molecule has 0 saturated carbocycles. The zero-order valence-corrected chi connectivity index (χ0v) is 16.8. The van der Waals surface area contributed by atoms with Crippen molar-refractivity contribution in [3.8, 4) is 5.75 Å². The van der Waals surface area contributed by atoms with Gasteiger partial charge in [0.15, 0.2) is 6.61 Å². The van der Waals surface area contributed by atoms with Crippen molar-refractivity contribution in [2.75, 3.05) is 32.1 Å². The van der Waals surface area contributed by atoms with Gasteiger partial charge < -0.3 is 15.0 Å². The molecule has 0 bridgehead atoms. The molecule has 1 saturated heterocycles. The Morgan fingerprint density at radius 1 is 1.41 bits per heavy atom. The van der Waals surface area contributed by atoms with Crippen LogP contribution in [0.3, 0.4) is 0 Å². The fraction of sp³-hybridized carbons (Fsp3) is 0.529. The number of rotatable bonds is 4. The van der Waals surface area contributed by atoms with E-state index < -0.39 is 10.0 Å². The number of carbonyl (C=O) groups is 2. The van der Waals surface area contributed by atoms with Crippen LogP contribution in [0, 0.1) is 0 Å². The summed E-state index contributed by atoms with van der Waals surface area (Å²) in [5.41, 5.74) is 0.316. The molecule has 0 spiro atoms. The van der Waals surface area contributed by atoms with E-state index in [4.69, 9.17) is 16.3 Å². The summed E-state index contributed by atoms with van der Waals surface area (Å²) in [4.78, 5) is 25.5. The standard InChI is InChI=1S/C17H22ClN3O5S/c1-11-5-3-4-6-21(11)17(23)9-20(2)27(24,25)15-8-14-13(7-12(15)18)19-16(22)10-26-14/h7-8,11H,3-6,9-10H2,1-2H3,(H,19,22)/t11-/m1/s1. The molecule has 2 aliphatic heterocycles. The van der Waals surface area contributed by atoms with Gasteiger partial charge in [0.1, 0.15) is 10.6 Å². The monoisotopic (exact) mass is 415 g/mol. The lowest BCUT2D eigenvalue weighted by molar-refractivity contribution is -0.134. The van der Waals surface area contributed by atoms with E-state index in [2.05, 4.69) is 5.32 Å². The first kappa shape index (κ1) is 19.9. The lowest BCUT2D eigenvalue weighted by Gasteiger charge is -2.34. The lowest BCUT2D eigenvalue weighted by atomic mass is 10.0. The molecule has 0 radical (unpaired) electrons. The highest BCUT2D eigenvalue weighted by molar-refractivity contribution is 7.89. The molecule has 2 amide bonds. The van der Waals surface area contributed by atoms with E-state index in [1.165, 1.54) is 19.2 Å². The average molecular weight is 416 g/mol. The molecule has 1 aromatic rings. The number of likely N-dealkylation sites (N-methyl/N-ethyl adjacent to an activating group) is 1. The van der Waals surface area contributed by atoms with Gasteiger partial charge in [0.2, 0.25) is 15.9 Å². The molecule has 0 aliphatic carbocycles. The van der Waals surface area contributed by atoms with Crippen LogP contribution < -0.4 is 10.1 Å². The van der Waals surface area contributed by atoms with Crippen molar-refractivity contribution >= 4 is 39.1 Å². The van der Waals surface area contributed by atoms with Crippen LogP contribution in [-0.4, -0.2) is 62.2 Å². The predicted octanol–water partition coefficient (Wildman–Crippen LogP) is 1.69. The van der Waals surface area contributed by atoms with Crippen LogP contribution >= 0.6 is 11.6 Å². The topological polar surface area (TPSA) is 96.0 Å². The smallest absolute Gasteiger partial charge is 0.262 e. The number of sulfonamides is 1. The van der Waals surface area contributed by atoms with Gasteiger partial charge in [-0.25, -0.2) is 8.42 Å². The normalized spacial score (nSPS) is 20.1. The van der Waals surface area contributed by atoms with Crippen molar-refractivity contribution in [1.29, 1.82) is 0 Å². The van der Waals surface area contributed by atoms with Crippen molar-refractivity contribution in [2.24, 2.45) is 0 Å². The van der Waals surface area contributed by atoms with Gasteiger partial charge in [-0.05, 0) is 32.3 Å². The Balaban J connectivity index is 1.81. The molecule has 1 N–H and O–H groups in total. The summed E-state index contributed by atoms with van der Waals surface area (Å²) in [5.74, 6) is -0.347. The second kappa shape index (κ2) is 7.65. The number of likely N-dealkylation sites (tertiary alicyclic amines) is 1. The summed E-state index contributed by atoms with van der Waals surface area (Å²) in [6, 6.07) is 2.71. The van der Waals surface area contributed by atoms with Gasteiger partial charge >= 0.3 is 0 Å². The van der Waals surface area contributed by atoms with E-state index in [-0.39, 0.29) is 46.7 Å². The Morgan fingerprint density at radius 3 is 2.85 bits per heavy atom. The third-order valence-electron chi connectivity index (χ3n) is 4.84. The Labute approximate surface area is 163 Å². The maximum atomic E-state index is 12.9. The fourth-order valence-electron chi connectivity index (χ4n) is 3.28. The molecule has 10 heteroatoms.